The van der Waals surface area contributed by atoms with Crippen molar-refractivity contribution in [3.05, 3.63) is 24.3 Å². The van der Waals surface area contributed by atoms with E-state index in [1.54, 1.807) is 12.1 Å². The molecule has 18 heavy (non-hydrogen) atoms. The Balaban J connectivity index is 2.61. The van der Waals surface area contributed by atoms with Crippen LogP contribution in [0, 0.1) is 5.92 Å². The number of carbonyl (C=O) groups excluding carboxylic acids is 1. The summed E-state index contributed by atoms with van der Waals surface area (Å²) in [6.07, 6.45) is 0. The van der Waals surface area contributed by atoms with Crippen molar-refractivity contribution in [1.82, 2.24) is 0 Å². The highest BCUT2D eigenvalue weighted by Gasteiger charge is 2.17. The molecule has 0 aliphatic rings. The van der Waals surface area contributed by atoms with Gasteiger partial charge < -0.3 is 11.1 Å². The number of hydrogen-bond acceptors (Lipinski definition) is 3. The monoisotopic (exact) mass is 274 g/mol. The Labute approximate surface area is 109 Å². The van der Waals surface area contributed by atoms with Crippen molar-refractivity contribution in [2.75, 3.05) is 5.32 Å². The maximum atomic E-state index is 12.1. The third kappa shape index (κ3) is 4.62. The second kappa shape index (κ2) is 6.70. The summed E-state index contributed by atoms with van der Waals surface area (Å²) in [5.74, 6) is -2.68. The maximum Gasteiger partial charge on any atom is 0.288 e. The molecule has 0 aliphatic carbocycles. The zero-order valence-electron chi connectivity index (χ0n) is 10.2. The van der Waals surface area contributed by atoms with Crippen molar-refractivity contribution in [3.8, 4) is 0 Å². The number of alkyl halides is 2. The van der Waals surface area contributed by atoms with Crippen LogP contribution < -0.4 is 11.1 Å². The van der Waals surface area contributed by atoms with E-state index in [4.69, 9.17) is 5.73 Å². The molecule has 0 aromatic heterocycles. The van der Waals surface area contributed by atoms with Gasteiger partial charge in [-0.05, 0) is 30.2 Å². The minimum atomic E-state index is -2.44. The summed E-state index contributed by atoms with van der Waals surface area (Å²) in [4.78, 5) is 12.1. The Morgan fingerprint density at radius 3 is 2.28 bits per heavy atom. The van der Waals surface area contributed by atoms with Gasteiger partial charge in [0.25, 0.3) is 5.76 Å². The molecule has 1 aromatic carbocycles. The molecule has 0 spiro atoms. The van der Waals surface area contributed by atoms with E-state index in [9.17, 15) is 13.6 Å². The van der Waals surface area contributed by atoms with E-state index >= 15 is 0 Å². The van der Waals surface area contributed by atoms with E-state index in [1.807, 2.05) is 13.8 Å². The number of thioether (sulfide) groups is 1. The highest BCUT2D eigenvalue weighted by Crippen LogP contribution is 2.26. The smallest absolute Gasteiger partial charge is 0.288 e. The lowest BCUT2D eigenvalue weighted by atomic mass is 10.1. The van der Waals surface area contributed by atoms with Gasteiger partial charge in [0.15, 0.2) is 0 Å². The summed E-state index contributed by atoms with van der Waals surface area (Å²) in [6.45, 7) is 3.71. The number of amides is 1. The third-order valence-corrected chi connectivity index (χ3v) is 3.09. The first-order chi connectivity index (χ1) is 8.40. The Bertz CT molecular complexity index is 396. The summed E-state index contributed by atoms with van der Waals surface area (Å²) in [5.41, 5.74) is 6.24. The van der Waals surface area contributed by atoms with Crippen LogP contribution in [0.3, 0.4) is 0 Å². The average Bonchev–Trinajstić information content (AvgIpc) is 2.29. The van der Waals surface area contributed by atoms with Crippen LogP contribution in [0.2, 0.25) is 0 Å². The predicted octanol–water partition coefficient (Wildman–Crippen LogP) is 2.92. The highest BCUT2D eigenvalue weighted by molar-refractivity contribution is 7.99. The van der Waals surface area contributed by atoms with Crippen LogP contribution in [0.5, 0.6) is 0 Å². The molecule has 100 valence electrons. The SMILES string of the molecule is CC(C)[C@H](N)C(=O)Nc1ccc(SC(F)F)cc1. The Kier molecular flexibility index (Phi) is 5.55. The first kappa shape index (κ1) is 14.9. The first-order valence-electron chi connectivity index (χ1n) is 5.51. The molecule has 1 atom stereocenters. The molecule has 0 fully saturated rings. The standard InChI is InChI=1S/C12H16F2N2OS/c1-7(2)10(15)11(17)16-8-3-5-9(6-4-8)18-12(13)14/h3-7,10,12H,15H2,1-2H3,(H,16,17)/t10-/m0/s1. The van der Waals surface area contributed by atoms with Crippen LogP contribution in [-0.4, -0.2) is 17.7 Å². The van der Waals surface area contributed by atoms with Gasteiger partial charge in [-0.25, -0.2) is 0 Å². The number of anilines is 1. The Morgan fingerprint density at radius 1 is 1.28 bits per heavy atom. The number of nitrogens with two attached hydrogens (primary N) is 1. The highest BCUT2D eigenvalue weighted by atomic mass is 32.2. The molecule has 0 bridgehead atoms. The molecule has 0 radical (unpaired) electrons. The summed E-state index contributed by atoms with van der Waals surface area (Å²) in [7, 11) is 0. The fraction of sp³-hybridized carbons (Fsp3) is 0.417. The van der Waals surface area contributed by atoms with Crippen LogP contribution >= 0.6 is 11.8 Å². The van der Waals surface area contributed by atoms with E-state index in [0.717, 1.165) is 0 Å². The quantitative estimate of drug-likeness (QED) is 0.812. The molecule has 1 amide bonds. The number of nitrogens with one attached hydrogen (secondary N) is 1. The number of hydrogen-bond donors (Lipinski definition) is 2. The van der Waals surface area contributed by atoms with Gasteiger partial charge >= 0.3 is 0 Å². The van der Waals surface area contributed by atoms with Crippen molar-refractivity contribution in [1.29, 1.82) is 0 Å². The van der Waals surface area contributed by atoms with Gasteiger partial charge in [0, 0.05) is 10.6 Å². The van der Waals surface area contributed by atoms with Crippen LogP contribution in [0.4, 0.5) is 14.5 Å². The summed E-state index contributed by atoms with van der Waals surface area (Å²) in [6, 6.07) is 5.64. The molecule has 0 saturated carbocycles. The van der Waals surface area contributed by atoms with Gasteiger partial charge in [0.05, 0.1) is 6.04 Å². The lowest BCUT2D eigenvalue weighted by Crippen LogP contribution is -2.39. The van der Waals surface area contributed by atoms with Crippen LogP contribution in [0.25, 0.3) is 0 Å². The van der Waals surface area contributed by atoms with E-state index in [1.165, 1.54) is 12.1 Å². The van der Waals surface area contributed by atoms with E-state index in [2.05, 4.69) is 5.32 Å². The first-order valence-corrected chi connectivity index (χ1v) is 6.39. The van der Waals surface area contributed by atoms with E-state index in [-0.39, 0.29) is 11.8 Å². The Morgan fingerprint density at radius 2 is 1.83 bits per heavy atom. The molecule has 1 aromatic rings. The Hall–Kier alpha value is -1.14. The molecule has 3 nitrogen and oxygen atoms in total. The van der Waals surface area contributed by atoms with Crippen molar-refractivity contribution in [2.24, 2.45) is 11.7 Å². The van der Waals surface area contributed by atoms with Gasteiger partial charge in [-0.1, -0.05) is 25.6 Å². The molecule has 6 heteroatoms. The zero-order chi connectivity index (χ0) is 13.7. The second-order valence-electron chi connectivity index (χ2n) is 4.16. The molecule has 1 rings (SSSR count). The zero-order valence-corrected chi connectivity index (χ0v) is 11.0. The van der Waals surface area contributed by atoms with Gasteiger partial charge in [0.2, 0.25) is 5.91 Å². The van der Waals surface area contributed by atoms with Crippen molar-refractivity contribution in [2.45, 2.75) is 30.5 Å². The number of rotatable bonds is 5. The normalized spacial score (nSPS) is 12.8. The predicted molar refractivity (Wildman–Crippen MR) is 69.7 cm³/mol. The molecule has 0 aliphatic heterocycles. The molecular weight excluding hydrogens is 258 g/mol. The van der Waals surface area contributed by atoms with Crippen LogP contribution in [0.15, 0.2) is 29.2 Å². The van der Waals surface area contributed by atoms with Gasteiger partial charge in [-0.2, -0.15) is 8.78 Å². The lowest BCUT2D eigenvalue weighted by Gasteiger charge is -2.15. The van der Waals surface area contributed by atoms with Crippen molar-refractivity contribution >= 4 is 23.4 Å². The minimum Gasteiger partial charge on any atom is -0.325 e. The number of halogens is 2. The largest absolute Gasteiger partial charge is 0.325 e. The van der Waals surface area contributed by atoms with Crippen LogP contribution in [0.1, 0.15) is 13.8 Å². The van der Waals surface area contributed by atoms with E-state index < -0.39 is 11.8 Å². The number of carbonyl (C=O) groups is 1. The average molecular weight is 274 g/mol. The molecular formula is C12H16F2N2OS. The van der Waals surface area contributed by atoms with Gasteiger partial charge in [-0.3, -0.25) is 4.79 Å². The molecule has 3 N–H and O–H groups in total. The molecule has 0 heterocycles. The second-order valence-corrected chi connectivity index (χ2v) is 5.23. The van der Waals surface area contributed by atoms with Gasteiger partial charge in [0.1, 0.15) is 0 Å². The topological polar surface area (TPSA) is 55.1 Å². The van der Waals surface area contributed by atoms with Crippen molar-refractivity contribution < 1.29 is 13.6 Å². The van der Waals surface area contributed by atoms with Crippen LogP contribution in [-0.2, 0) is 4.79 Å². The fourth-order valence-electron chi connectivity index (χ4n) is 1.25. The summed E-state index contributed by atoms with van der Waals surface area (Å²) in [5, 5.41) is 2.64. The lowest BCUT2D eigenvalue weighted by molar-refractivity contribution is -0.118. The maximum absolute atomic E-state index is 12.1. The minimum absolute atomic E-state index is 0.0404. The van der Waals surface area contributed by atoms with Crippen molar-refractivity contribution in [3.63, 3.8) is 0 Å². The van der Waals surface area contributed by atoms with E-state index in [0.29, 0.717) is 22.3 Å². The molecule has 0 saturated heterocycles. The molecule has 0 unspecified atom stereocenters. The van der Waals surface area contributed by atoms with Gasteiger partial charge in [-0.15, -0.1) is 0 Å². The third-order valence-electron chi connectivity index (χ3n) is 2.37. The summed E-state index contributed by atoms with van der Waals surface area (Å²) < 4.78 is 24.2. The number of benzene rings is 1. The fourth-order valence-corrected chi connectivity index (χ4v) is 1.75. The summed E-state index contributed by atoms with van der Waals surface area (Å²) >= 11 is 0.466.